The predicted octanol–water partition coefficient (Wildman–Crippen LogP) is 3.83. The first-order chi connectivity index (χ1) is 11.8. The fourth-order valence-electron chi connectivity index (χ4n) is 3.06. The molecule has 0 saturated heterocycles. The van der Waals surface area contributed by atoms with E-state index < -0.39 is 0 Å². The number of nitrogens with zero attached hydrogens (tertiary/aromatic N) is 2. The van der Waals surface area contributed by atoms with Crippen molar-refractivity contribution < 1.29 is 9.13 Å². The van der Waals surface area contributed by atoms with Crippen LogP contribution >= 0.6 is 0 Å². The van der Waals surface area contributed by atoms with E-state index in [-0.39, 0.29) is 5.82 Å². The lowest BCUT2D eigenvalue weighted by molar-refractivity contribution is 0.298. The maximum atomic E-state index is 13.4. The van der Waals surface area contributed by atoms with Crippen molar-refractivity contribution in [3.8, 4) is 5.75 Å². The molecule has 2 aromatic rings. The summed E-state index contributed by atoms with van der Waals surface area (Å²) in [5.74, 6) is 1.49. The van der Waals surface area contributed by atoms with Crippen LogP contribution in [0.2, 0.25) is 0 Å². The van der Waals surface area contributed by atoms with Crippen LogP contribution in [0.1, 0.15) is 49.4 Å². The Bertz CT molecular complexity index is 627. The van der Waals surface area contributed by atoms with E-state index in [9.17, 15) is 4.39 Å². The van der Waals surface area contributed by atoms with E-state index in [1.54, 1.807) is 18.2 Å². The summed E-state index contributed by atoms with van der Waals surface area (Å²) in [6.45, 7) is 1.74. The van der Waals surface area contributed by atoms with E-state index in [1.165, 1.54) is 38.2 Å². The zero-order valence-corrected chi connectivity index (χ0v) is 13.9. The Morgan fingerprint density at radius 2 is 1.83 bits per heavy atom. The Labute approximate surface area is 142 Å². The normalized spacial score (nSPS) is 15.4. The average Bonchev–Trinajstić information content (AvgIpc) is 2.64. The average molecular weight is 329 g/mol. The second-order valence-corrected chi connectivity index (χ2v) is 6.24. The molecule has 1 fully saturated rings. The maximum absolute atomic E-state index is 13.4. The van der Waals surface area contributed by atoms with Crippen LogP contribution in [0.5, 0.6) is 5.75 Å². The van der Waals surface area contributed by atoms with Crippen LogP contribution in [-0.2, 0) is 6.54 Å². The maximum Gasteiger partial charge on any atom is 0.165 e. The predicted molar refractivity (Wildman–Crippen MR) is 91.5 cm³/mol. The van der Waals surface area contributed by atoms with E-state index in [0.717, 1.165) is 11.4 Å². The minimum atomic E-state index is -0.329. The van der Waals surface area contributed by atoms with Crippen LogP contribution in [0, 0.1) is 5.82 Å². The number of ether oxygens (including phenoxy) is 1. The Balaban J connectivity index is 1.38. The molecule has 1 saturated carbocycles. The van der Waals surface area contributed by atoms with Gasteiger partial charge in [0.2, 0.25) is 0 Å². The van der Waals surface area contributed by atoms with Gasteiger partial charge in [0, 0.05) is 37.0 Å². The molecule has 0 atom stereocenters. The number of halogens is 1. The molecule has 3 rings (SSSR count). The van der Waals surface area contributed by atoms with Crippen LogP contribution in [0.15, 0.2) is 36.7 Å². The molecule has 0 spiro atoms. The van der Waals surface area contributed by atoms with Crippen LogP contribution < -0.4 is 10.1 Å². The molecule has 1 aliphatic rings. The molecule has 1 aliphatic carbocycles. The summed E-state index contributed by atoms with van der Waals surface area (Å²) in [6, 6.07) is 6.44. The Kier molecular flexibility index (Phi) is 6.13. The highest BCUT2D eigenvalue weighted by Crippen LogP contribution is 2.30. The first kappa shape index (κ1) is 16.8. The molecule has 5 heteroatoms. The van der Waals surface area contributed by atoms with Gasteiger partial charge >= 0.3 is 0 Å². The molecule has 0 bridgehead atoms. The number of hydrogen-bond donors (Lipinski definition) is 1. The first-order valence-electron chi connectivity index (χ1n) is 8.72. The minimum absolute atomic E-state index is 0.291. The third-order valence-corrected chi connectivity index (χ3v) is 4.40. The van der Waals surface area contributed by atoms with Gasteiger partial charge in [0.1, 0.15) is 12.4 Å². The quantitative estimate of drug-likeness (QED) is 0.784. The van der Waals surface area contributed by atoms with E-state index in [0.29, 0.717) is 31.4 Å². The topological polar surface area (TPSA) is 47.0 Å². The molecule has 0 aliphatic heterocycles. The highest BCUT2D eigenvalue weighted by atomic mass is 19.1. The highest BCUT2D eigenvalue weighted by Gasteiger charge is 2.17. The first-order valence-corrected chi connectivity index (χ1v) is 8.72. The van der Waals surface area contributed by atoms with E-state index in [1.807, 2.05) is 12.4 Å². The molecule has 1 aromatic heterocycles. The Morgan fingerprint density at radius 3 is 2.58 bits per heavy atom. The number of para-hydroxylation sites is 1. The lowest BCUT2D eigenvalue weighted by atomic mass is 9.89. The fraction of sp³-hybridized carbons (Fsp3) is 0.474. The fourth-order valence-corrected chi connectivity index (χ4v) is 3.06. The second-order valence-electron chi connectivity index (χ2n) is 6.24. The SMILES string of the molecule is Fc1ccccc1OCCNCc1cnc(C2CCCCC2)nc1. The molecule has 0 radical (unpaired) electrons. The molecule has 0 amide bonds. The lowest BCUT2D eigenvalue weighted by Crippen LogP contribution is -2.21. The van der Waals surface area contributed by atoms with Crippen molar-refractivity contribution in [3.63, 3.8) is 0 Å². The molecular formula is C19H24FN3O. The van der Waals surface area contributed by atoms with Crippen molar-refractivity contribution in [1.82, 2.24) is 15.3 Å². The van der Waals surface area contributed by atoms with Gasteiger partial charge in [-0.05, 0) is 25.0 Å². The van der Waals surface area contributed by atoms with Gasteiger partial charge < -0.3 is 10.1 Å². The summed E-state index contributed by atoms with van der Waals surface area (Å²) >= 11 is 0. The van der Waals surface area contributed by atoms with Gasteiger partial charge in [0.15, 0.2) is 11.6 Å². The third kappa shape index (κ3) is 4.74. The van der Waals surface area contributed by atoms with Gasteiger partial charge in [0.25, 0.3) is 0 Å². The van der Waals surface area contributed by atoms with Crippen molar-refractivity contribution in [2.24, 2.45) is 0 Å². The highest BCUT2D eigenvalue weighted by molar-refractivity contribution is 5.23. The molecule has 1 N–H and O–H groups in total. The number of hydrogen-bond acceptors (Lipinski definition) is 4. The molecular weight excluding hydrogens is 305 g/mol. The van der Waals surface area contributed by atoms with Gasteiger partial charge in [-0.25, -0.2) is 14.4 Å². The lowest BCUT2D eigenvalue weighted by Gasteiger charge is -2.20. The van der Waals surface area contributed by atoms with Crippen molar-refractivity contribution in [3.05, 3.63) is 53.9 Å². The van der Waals surface area contributed by atoms with Crippen molar-refractivity contribution in [1.29, 1.82) is 0 Å². The zero-order chi connectivity index (χ0) is 16.6. The van der Waals surface area contributed by atoms with E-state index in [4.69, 9.17) is 4.74 Å². The van der Waals surface area contributed by atoms with Crippen LogP contribution in [0.4, 0.5) is 4.39 Å². The monoisotopic (exact) mass is 329 g/mol. The number of aromatic nitrogens is 2. The summed E-state index contributed by atoms with van der Waals surface area (Å²) in [4.78, 5) is 9.06. The summed E-state index contributed by atoms with van der Waals surface area (Å²) in [5.41, 5.74) is 1.06. The molecule has 24 heavy (non-hydrogen) atoms. The van der Waals surface area contributed by atoms with Gasteiger partial charge in [-0.3, -0.25) is 0 Å². The van der Waals surface area contributed by atoms with Gasteiger partial charge in [-0.15, -0.1) is 0 Å². The van der Waals surface area contributed by atoms with Crippen LogP contribution in [0.25, 0.3) is 0 Å². The molecule has 1 heterocycles. The number of nitrogens with one attached hydrogen (secondary N) is 1. The molecule has 128 valence electrons. The van der Waals surface area contributed by atoms with Gasteiger partial charge in [0.05, 0.1) is 0 Å². The zero-order valence-electron chi connectivity index (χ0n) is 13.9. The Morgan fingerprint density at radius 1 is 1.08 bits per heavy atom. The van der Waals surface area contributed by atoms with Gasteiger partial charge in [-0.1, -0.05) is 31.4 Å². The summed E-state index contributed by atoms with van der Waals surface area (Å²) < 4.78 is 18.8. The summed E-state index contributed by atoms with van der Waals surface area (Å²) in [5, 5.41) is 3.26. The van der Waals surface area contributed by atoms with Crippen molar-refractivity contribution in [2.45, 2.75) is 44.6 Å². The van der Waals surface area contributed by atoms with E-state index >= 15 is 0 Å². The molecule has 0 unspecified atom stereocenters. The summed E-state index contributed by atoms with van der Waals surface area (Å²) in [6.07, 6.45) is 10.2. The third-order valence-electron chi connectivity index (χ3n) is 4.40. The minimum Gasteiger partial charge on any atom is -0.489 e. The van der Waals surface area contributed by atoms with Crippen LogP contribution in [-0.4, -0.2) is 23.1 Å². The number of rotatable bonds is 7. The second kappa shape index (κ2) is 8.73. The van der Waals surface area contributed by atoms with Crippen molar-refractivity contribution in [2.75, 3.05) is 13.2 Å². The smallest absolute Gasteiger partial charge is 0.165 e. The summed E-state index contributed by atoms with van der Waals surface area (Å²) in [7, 11) is 0. The van der Waals surface area contributed by atoms with Gasteiger partial charge in [-0.2, -0.15) is 0 Å². The molecule has 1 aromatic carbocycles. The Hall–Kier alpha value is -2.01. The standard InChI is InChI=1S/C19H24FN3O/c20-17-8-4-5-9-18(17)24-11-10-21-12-15-13-22-19(23-14-15)16-6-2-1-3-7-16/h4-5,8-9,13-14,16,21H,1-3,6-7,10-12H2. The van der Waals surface area contributed by atoms with Crippen LogP contribution in [0.3, 0.4) is 0 Å². The van der Waals surface area contributed by atoms with Crippen molar-refractivity contribution >= 4 is 0 Å². The van der Waals surface area contributed by atoms with E-state index in [2.05, 4.69) is 15.3 Å². The molecule has 4 nitrogen and oxygen atoms in total. The number of benzene rings is 1. The largest absolute Gasteiger partial charge is 0.489 e.